The van der Waals surface area contributed by atoms with Crippen molar-refractivity contribution in [2.24, 2.45) is 4.40 Å². The minimum Gasteiger partial charge on any atom is -0.303 e. The van der Waals surface area contributed by atoms with Crippen LogP contribution in [0.2, 0.25) is 5.15 Å². The van der Waals surface area contributed by atoms with Gasteiger partial charge in [0, 0.05) is 6.04 Å². The van der Waals surface area contributed by atoms with Crippen molar-refractivity contribution >= 4 is 39.2 Å². The fourth-order valence-electron chi connectivity index (χ4n) is 2.93. The molecule has 1 saturated carbocycles. The van der Waals surface area contributed by atoms with Crippen molar-refractivity contribution < 1.29 is 13.2 Å². The highest BCUT2D eigenvalue weighted by molar-refractivity contribution is 7.90. The molecule has 1 aliphatic carbocycles. The minimum absolute atomic E-state index is 0.0842. The summed E-state index contributed by atoms with van der Waals surface area (Å²) in [5, 5.41) is 0.281. The number of aromatic nitrogens is 1. The molecule has 2 aromatic rings. The second kappa shape index (κ2) is 7.21. The van der Waals surface area contributed by atoms with E-state index in [-0.39, 0.29) is 20.9 Å². The lowest BCUT2D eigenvalue weighted by Crippen LogP contribution is -2.24. The molecule has 0 bridgehead atoms. The number of aldehydes is 1. The van der Waals surface area contributed by atoms with Crippen LogP contribution in [0.15, 0.2) is 39.6 Å². The van der Waals surface area contributed by atoms with Crippen molar-refractivity contribution in [3.63, 3.8) is 0 Å². The molecular formula is C16H17ClN2O3S2. The lowest BCUT2D eigenvalue weighted by Gasteiger charge is -2.23. The minimum atomic E-state index is -3.85. The zero-order valence-electron chi connectivity index (χ0n) is 12.9. The second-order valence-corrected chi connectivity index (χ2v) is 8.67. The topological polar surface area (TPSA) is 68.5 Å². The summed E-state index contributed by atoms with van der Waals surface area (Å²) in [6.45, 7) is 0. The number of carbonyl (C=O) groups excluding carboxylic acids is 1. The van der Waals surface area contributed by atoms with Gasteiger partial charge in [-0.15, -0.1) is 4.40 Å². The highest BCUT2D eigenvalue weighted by Crippen LogP contribution is 2.31. The molecule has 1 aliphatic rings. The molecule has 1 fully saturated rings. The van der Waals surface area contributed by atoms with Gasteiger partial charge in [-0.05, 0) is 25.0 Å². The zero-order valence-corrected chi connectivity index (χ0v) is 15.3. The molecule has 0 amide bonds. The Kier molecular flexibility index (Phi) is 5.22. The summed E-state index contributed by atoms with van der Waals surface area (Å²) in [7, 11) is -3.85. The van der Waals surface area contributed by atoms with Gasteiger partial charge in [0.1, 0.15) is 10.0 Å². The Balaban J connectivity index is 2.15. The predicted molar refractivity (Wildman–Crippen MR) is 94.0 cm³/mol. The number of rotatable bonds is 4. The average molecular weight is 385 g/mol. The van der Waals surface area contributed by atoms with E-state index in [4.69, 9.17) is 11.6 Å². The van der Waals surface area contributed by atoms with E-state index in [2.05, 4.69) is 4.40 Å². The van der Waals surface area contributed by atoms with Gasteiger partial charge in [-0.3, -0.25) is 4.79 Å². The molecule has 1 aromatic carbocycles. The summed E-state index contributed by atoms with van der Waals surface area (Å²) in [4.78, 5) is 11.9. The van der Waals surface area contributed by atoms with Gasteiger partial charge < -0.3 is 4.57 Å². The molecule has 0 radical (unpaired) electrons. The van der Waals surface area contributed by atoms with Gasteiger partial charge in [0.15, 0.2) is 6.29 Å². The molecule has 0 spiro atoms. The lowest BCUT2D eigenvalue weighted by molar-refractivity contribution is 0.112. The molecule has 128 valence electrons. The quantitative estimate of drug-likeness (QED) is 0.752. The van der Waals surface area contributed by atoms with E-state index in [1.165, 1.54) is 12.1 Å². The maximum atomic E-state index is 12.5. The molecule has 0 atom stereocenters. The number of benzene rings is 1. The number of sulfonamides is 1. The predicted octanol–water partition coefficient (Wildman–Crippen LogP) is 3.81. The van der Waals surface area contributed by atoms with E-state index in [1.54, 1.807) is 22.8 Å². The fourth-order valence-corrected chi connectivity index (χ4v) is 5.47. The van der Waals surface area contributed by atoms with Crippen LogP contribution in [-0.2, 0) is 10.0 Å². The molecule has 0 aliphatic heterocycles. The summed E-state index contributed by atoms with van der Waals surface area (Å²) < 4.78 is 30.8. The number of halogens is 1. The van der Waals surface area contributed by atoms with Crippen LogP contribution in [0.3, 0.4) is 0 Å². The van der Waals surface area contributed by atoms with Gasteiger partial charge in [0.25, 0.3) is 10.0 Å². The molecule has 24 heavy (non-hydrogen) atoms. The van der Waals surface area contributed by atoms with Gasteiger partial charge in [-0.1, -0.05) is 60.4 Å². The Morgan fingerprint density at radius 3 is 2.46 bits per heavy atom. The largest absolute Gasteiger partial charge is 0.303 e. The zero-order chi connectivity index (χ0) is 17.2. The van der Waals surface area contributed by atoms with E-state index in [0.29, 0.717) is 11.2 Å². The third-order valence-electron chi connectivity index (χ3n) is 4.11. The van der Waals surface area contributed by atoms with Crippen LogP contribution in [-0.4, -0.2) is 19.3 Å². The van der Waals surface area contributed by atoms with Crippen LogP contribution in [0, 0.1) is 0 Å². The molecule has 0 N–H and O–H groups in total. The Hall–Kier alpha value is -1.44. The van der Waals surface area contributed by atoms with Crippen molar-refractivity contribution in [1.29, 1.82) is 0 Å². The summed E-state index contributed by atoms with van der Waals surface area (Å²) >= 11 is 7.34. The van der Waals surface area contributed by atoms with E-state index < -0.39 is 10.0 Å². The van der Waals surface area contributed by atoms with E-state index in [0.717, 1.165) is 43.4 Å². The van der Waals surface area contributed by atoms with Gasteiger partial charge in [0.2, 0.25) is 4.80 Å². The molecule has 3 rings (SSSR count). The standard InChI is InChI=1S/C16H17ClN2O3S2/c17-15-14(11-20)23-16(19(15)12-7-3-1-4-8-12)18-24(21,22)13-9-5-2-6-10-13/h2,5-6,9-12H,1,3-4,7-8H2. The first-order valence-electron chi connectivity index (χ1n) is 7.75. The number of nitrogens with zero attached hydrogens (tertiary/aromatic N) is 2. The van der Waals surface area contributed by atoms with Gasteiger partial charge in [-0.2, -0.15) is 8.42 Å². The number of thiazole rings is 1. The number of hydrogen-bond acceptors (Lipinski definition) is 4. The molecule has 8 heteroatoms. The van der Waals surface area contributed by atoms with Crippen LogP contribution in [0.4, 0.5) is 0 Å². The van der Waals surface area contributed by atoms with Crippen LogP contribution in [0.5, 0.6) is 0 Å². The summed E-state index contributed by atoms with van der Waals surface area (Å²) in [6, 6.07) is 8.12. The highest BCUT2D eigenvalue weighted by Gasteiger charge is 2.23. The van der Waals surface area contributed by atoms with Crippen LogP contribution >= 0.6 is 22.9 Å². The SMILES string of the molecule is O=Cc1sc(=NS(=O)(=O)c2ccccc2)n(C2CCCCC2)c1Cl. The van der Waals surface area contributed by atoms with Gasteiger partial charge in [-0.25, -0.2) is 0 Å². The van der Waals surface area contributed by atoms with Gasteiger partial charge >= 0.3 is 0 Å². The lowest BCUT2D eigenvalue weighted by atomic mass is 9.95. The van der Waals surface area contributed by atoms with Crippen LogP contribution in [0.1, 0.15) is 47.8 Å². The van der Waals surface area contributed by atoms with Crippen molar-refractivity contribution in [2.75, 3.05) is 0 Å². The first-order chi connectivity index (χ1) is 11.5. The highest BCUT2D eigenvalue weighted by atomic mass is 35.5. The second-order valence-electron chi connectivity index (χ2n) is 5.70. The summed E-state index contributed by atoms with van der Waals surface area (Å²) in [5.74, 6) is 0. The monoisotopic (exact) mass is 384 g/mol. The Morgan fingerprint density at radius 2 is 1.83 bits per heavy atom. The number of hydrogen-bond donors (Lipinski definition) is 0. The van der Waals surface area contributed by atoms with Gasteiger partial charge in [0.05, 0.1) is 4.90 Å². The molecule has 1 aromatic heterocycles. The average Bonchev–Trinajstić information content (AvgIpc) is 2.91. The van der Waals surface area contributed by atoms with Crippen molar-refractivity contribution in [1.82, 2.24) is 4.57 Å². The first-order valence-corrected chi connectivity index (χ1v) is 10.4. The Labute approximate surface area is 149 Å². The molecule has 5 nitrogen and oxygen atoms in total. The van der Waals surface area contributed by atoms with Crippen molar-refractivity contribution in [2.45, 2.75) is 43.0 Å². The number of carbonyl (C=O) groups is 1. The Bertz CT molecular complexity index is 895. The third-order valence-corrected chi connectivity index (χ3v) is 6.98. The first kappa shape index (κ1) is 17.4. The molecule has 1 heterocycles. The molecule has 0 unspecified atom stereocenters. The third kappa shape index (κ3) is 3.48. The van der Waals surface area contributed by atoms with Crippen molar-refractivity contribution in [3.8, 4) is 0 Å². The maximum Gasteiger partial charge on any atom is 0.285 e. The summed E-state index contributed by atoms with van der Waals surface area (Å²) in [5.41, 5.74) is 0. The molecule has 0 saturated heterocycles. The smallest absolute Gasteiger partial charge is 0.285 e. The van der Waals surface area contributed by atoms with Crippen LogP contribution in [0.25, 0.3) is 0 Å². The Morgan fingerprint density at radius 1 is 1.17 bits per heavy atom. The normalized spacial score (nSPS) is 17.1. The van der Waals surface area contributed by atoms with Crippen LogP contribution < -0.4 is 4.80 Å². The maximum absolute atomic E-state index is 12.5. The van der Waals surface area contributed by atoms with E-state index >= 15 is 0 Å². The van der Waals surface area contributed by atoms with E-state index in [1.807, 2.05) is 0 Å². The van der Waals surface area contributed by atoms with Crippen molar-refractivity contribution in [3.05, 3.63) is 45.2 Å². The molecular weight excluding hydrogens is 368 g/mol. The fraction of sp³-hybridized carbons (Fsp3) is 0.375. The summed E-state index contributed by atoms with van der Waals surface area (Å²) in [6.07, 6.45) is 5.76. The van der Waals surface area contributed by atoms with E-state index in [9.17, 15) is 13.2 Å².